The second kappa shape index (κ2) is 9.83. The van der Waals surface area contributed by atoms with E-state index in [1.165, 1.54) is 23.1 Å². The highest BCUT2D eigenvalue weighted by atomic mass is 32.2. The summed E-state index contributed by atoms with van der Waals surface area (Å²) in [7, 11) is 0. The number of benzene rings is 1. The third kappa shape index (κ3) is 5.43. The Kier molecular flexibility index (Phi) is 6.72. The number of nitrogens with one attached hydrogen (secondary N) is 2. The van der Waals surface area contributed by atoms with Crippen molar-refractivity contribution in [3.8, 4) is 0 Å². The molecule has 3 heterocycles. The molecule has 1 saturated heterocycles. The van der Waals surface area contributed by atoms with Crippen molar-refractivity contribution in [3.05, 3.63) is 41.9 Å². The molecule has 2 aromatic heterocycles. The lowest BCUT2D eigenvalue weighted by Crippen LogP contribution is -2.37. The maximum Gasteiger partial charge on any atom is 0.239 e. The topological polar surface area (TPSA) is 105 Å². The van der Waals surface area contributed by atoms with Gasteiger partial charge in [-0.05, 0) is 19.1 Å². The van der Waals surface area contributed by atoms with Crippen LogP contribution >= 0.6 is 23.1 Å². The van der Waals surface area contributed by atoms with Crippen LogP contribution in [0.4, 0.5) is 22.7 Å². The van der Waals surface area contributed by atoms with Gasteiger partial charge in [0.2, 0.25) is 17.8 Å². The van der Waals surface area contributed by atoms with Crippen LogP contribution in [0.3, 0.4) is 0 Å². The van der Waals surface area contributed by atoms with Gasteiger partial charge in [0.25, 0.3) is 0 Å². The number of carbonyl (C=O) groups is 1. The Morgan fingerprint density at radius 1 is 1.20 bits per heavy atom. The molecule has 0 saturated carbocycles. The van der Waals surface area contributed by atoms with Gasteiger partial charge in [-0.3, -0.25) is 4.79 Å². The fourth-order valence-electron chi connectivity index (χ4n) is 2.71. The van der Waals surface area contributed by atoms with Gasteiger partial charge in [-0.1, -0.05) is 30.0 Å². The van der Waals surface area contributed by atoms with Crippen molar-refractivity contribution in [1.82, 2.24) is 19.9 Å². The Morgan fingerprint density at radius 2 is 2.00 bits per heavy atom. The molecule has 156 valence electrons. The summed E-state index contributed by atoms with van der Waals surface area (Å²) in [6.45, 7) is 4.48. The molecule has 1 unspecified atom stereocenters. The predicted molar refractivity (Wildman–Crippen MR) is 119 cm³/mol. The van der Waals surface area contributed by atoms with Crippen LogP contribution in [0.1, 0.15) is 6.92 Å². The van der Waals surface area contributed by atoms with Crippen LogP contribution in [-0.2, 0) is 9.53 Å². The molecule has 3 aromatic rings. The average molecular weight is 444 g/mol. The van der Waals surface area contributed by atoms with Crippen molar-refractivity contribution in [3.63, 3.8) is 0 Å². The summed E-state index contributed by atoms with van der Waals surface area (Å²) in [5.74, 6) is 0.857. The van der Waals surface area contributed by atoms with E-state index in [1.807, 2.05) is 42.6 Å². The van der Waals surface area contributed by atoms with E-state index in [-0.39, 0.29) is 5.91 Å². The number of aromatic nitrogens is 4. The number of thiazole rings is 1. The summed E-state index contributed by atoms with van der Waals surface area (Å²) in [5, 5.41) is 8.49. The first kappa shape index (κ1) is 20.5. The molecular weight excluding hydrogens is 422 g/mol. The van der Waals surface area contributed by atoms with Crippen molar-refractivity contribution < 1.29 is 9.53 Å². The van der Waals surface area contributed by atoms with Crippen LogP contribution in [0, 0.1) is 0 Å². The lowest BCUT2D eigenvalue weighted by Gasteiger charge is -2.27. The first-order chi connectivity index (χ1) is 14.7. The molecule has 0 aliphatic carbocycles. The molecule has 11 heteroatoms. The van der Waals surface area contributed by atoms with Crippen LogP contribution in [0.25, 0.3) is 0 Å². The predicted octanol–water partition coefficient (Wildman–Crippen LogP) is 3.03. The Labute approximate surface area is 182 Å². The number of ether oxygens (including phenoxy) is 1. The third-order valence-electron chi connectivity index (χ3n) is 4.24. The Balaban J connectivity index is 1.54. The van der Waals surface area contributed by atoms with Crippen molar-refractivity contribution in [2.75, 3.05) is 41.8 Å². The smallest absolute Gasteiger partial charge is 0.239 e. The summed E-state index contributed by atoms with van der Waals surface area (Å²) in [5.41, 5.74) is 0.877. The lowest BCUT2D eigenvalue weighted by atomic mass is 10.3. The molecule has 4 rings (SSSR count). The molecule has 1 amide bonds. The quantitative estimate of drug-likeness (QED) is 0.533. The minimum absolute atomic E-state index is 0.152. The van der Waals surface area contributed by atoms with Crippen LogP contribution in [0.2, 0.25) is 0 Å². The van der Waals surface area contributed by atoms with Crippen LogP contribution in [0.5, 0.6) is 0 Å². The molecule has 0 spiro atoms. The van der Waals surface area contributed by atoms with E-state index < -0.39 is 5.25 Å². The normalized spacial score (nSPS) is 14.9. The van der Waals surface area contributed by atoms with Crippen LogP contribution in [0.15, 0.2) is 47.1 Å². The number of nitrogens with zero attached hydrogens (tertiary/aromatic N) is 5. The monoisotopic (exact) mass is 443 g/mol. The SMILES string of the molecule is CC(Sc1nc(Nc2ccccc2)nc(N2CCOCC2)n1)C(=O)Nc1nccs1. The number of amides is 1. The van der Waals surface area contributed by atoms with E-state index in [0.29, 0.717) is 48.5 Å². The highest BCUT2D eigenvalue weighted by Crippen LogP contribution is 2.25. The van der Waals surface area contributed by atoms with Crippen LogP contribution < -0.4 is 15.5 Å². The molecule has 1 atom stereocenters. The molecule has 2 N–H and O–H groups in total. The largest absolute Gasteiger partial charge is 0.378 e. The van der Waals surface area contributed by atoms with Crippen molar-refractivity contribution >= 4 is 51.7 Å². The molecule has 1 aliphatic rings. The Morgan fingerprint density at radius 3 is 2.73 bits per heavy atom. The van der Waals surface area contributed by atoms with E-state index >= 15 is 0 Å². The summed E-state index contributed by atoms with van der Waals surface area (Å²) < 4.78 is 5.43. The fourth-order valence-corrected chi connectivity index (χ4v) is 4.00. The number of carbonyl (C=O) groups excluding carboxylic acids is 1. The third-order valence-corrected chi connectivity index (χ3v) is 5.89. The van der Waals surface area contributed by atoms with Gasteiger partial charge in [-0.25, -0.2) is 4.98 Å². The summed E-state index contributed by atoms with van der Waals surface area (Å²) in [6.07, 6.45) is 1.65. The standard InChI is InChI=1S/C19H21N7O2S2/c1-13(15(27)22-18-20-7-12-29-18)30-19-24-16(21-14-5-3-2-4-6-14)23-17(25-19)26-8-10-28-11-9-26/h2-7,12-13H,8-11H2,1H3,(H,20,22,27)(H,21,23,24,25). The van der Waals surface area contributed by atoms with Gasteiger partial charge in [0, 0.05) is 30.4 Å². The summed E-state index contributed by atoms with van der Waals surface area (Å²) >= 11 is 2.66. The zero-order valence-corrected chi connectivity index (χ0v) is 17.9. The molecule has 0 bridgehead atoms. The number of anilines is 4. The lowest BCUT2D eigenvalue weighted by molar-refractivity contribution is -0.115. The van der Waals surface area contributed by atoms with Crippen molar-refractivity contribution in [1.29, 1.82) is 0 Å². The minimum atomic E-state index is -0.404. The highest BCUT2D eigenvalue weighted by Gasteiger charge is 2.21. The minimum Gasteiger partial charge on any atom is -0.378 e. The number of hydrogen-bond acceptors (Lipinski definition) is 10. The molecular formula is C19H21N7O2S2. The second-order valence-corrected chi connectivity index (χ2v) is 8.62. The van der Waals surface area contributed by atoms with Gasteiger partial charge >= 0.3 is 0 Å². The van der Waals surface area contributed by atoms with Crippen LogP contribution in [-0.4, -0.2) is 57.4 Å². The zero-order valence-electron chi connectivity index (χ0n) is 16.3. The van der Waals surface area contributed by atoms with Crippen molar-refractivity contribution in [2.24, 2.45) is 0 Å². The number of rotatable bonds is 7. The fraction of sp³-hybridized carbons (Fsp3) is 0.316. The van der Waals surface area contributed by atoms with Gasteiger partial charge < -0.3 is 20.3 Å². The average Bonchev–Trinajstić information content (AvgIpc) is 3.28. The maximum atomic E-state index is 12.5. The van der Waals surface area contributed by atoms with Gasteiger partial charge in [0.1, 0.15) is 0 Å². The first-order valence-electron chi connectivity index (χ1n) is 9.45. The molecule has 9 nitrogen and oxygen atoms in total. The zero-order chi connectivity index (χ0) is 20.8. The Bertz CT molecular complexity index is 966. The second-order valence-electron chi connectivity index (χ2n) is 6.42. The van der Waals surface area contributed by atoms with Gasteiger partial charge in [0.05, 0.1) is 18.5 Å². The van der Waals surface area contributed by atoms with E-state index in [4.69, 9.17) is 4.74 Å². The number of para-hydroxylation sites is 1. The van der Waals surface area contributed by atoms with Crippen molar-refractivity contribution in [2.45, 2.75) is 17.3 Å². The first-order valence-corrected chi connectivity index (χ1v) is 11.2. The number of morpholine rings is 1. The summed E-state index contributed by atoms with van der Waals surface area (Å²) in [6, 6.07) is 9.70. The molecule has 0 radical (unpaired) electrons. The Hall–Kier alpha value is -2.76. The van der Waals surface area contributed by atoms with Gasteiger partial charge in [0.15, 0.2) is 10.3 Å². The van der Waals surface area contributed by atoms with E-state index in [2.05, 4.69) is 35.5 Å². The summed E-state index contributed by atoms with van der Waals surface area (Å²) in [4.78, 5) is 32.3. The van der Waals surface area contributed by atoms with E-state index in [0.717, 1.165) is 5.69 Å². The number of thioether (sulfide) groups is 1. The van der Waals surface area contributed by atoms with Gasteiger partial charge in [-0.2, -0.15) is 15.0 Å². The molecule has 30 heavy (non-hydrogen) atoms. The molecule has 1 aliphatic heterocycles. The van der Waals surface area contributed by atoms with E-state index in [1.54, 1.807) is 6.20 Å². The molecule has 1 fully saturated rings. The van der Waals surface area contributed by atoms with Gasteiger partial charge in [-0.15, -0.1) is 11.3 Å². The highest BCUT2D eigenvalue weighted by molar-refractivity contribution is 8.00. The van der Waals surface area contributed by atoms with E-state index in [9.17, 15) is 4.79 Å². The number of hydrogen-bond donors (Lipinski definition) is 2. The maximum absolute atomic E-state index is 12.5. The molecule has 1 aromatic carbocycles.